The highest BCUT2D eigenvalue weighted by Gasteiger charge is 2.40. The third kappa shape index (κ3) is 1.66. The molecule has 7 nitrogen and oxygen atoms in total. The Morgan fingerprint density at radius 1 is 1.13 bits per heavy atom. The second-order valence-corrected chi connectivity index (χ2v) is 2.71. The van der Waals surface area contributed by atoms with Gasteiger partial charge in [-0.15, -0.1) is 0 Å². The molecule has 0 bridgehead atoms. The summed E-state index contributed by atoms with van der Waals surface area (Å²) < 4.78 is 4.47. The molecule has 1 radical (unpaired) electrons. The molecule has 0 unspecified atom stereocenters. The van der Waals surface area contributed by atoms with E-state index in [2.05, 4.69) is 25.4 Å². The van der Waals surface area contributed by atoms with Crippen LogP contribution in [0.5, 0.6) is 0 Å². The van der Waals surface area contributed by atoms with Gasteiger partial charge in [0.05, 0.1) is 0 Å². The SMILES string of the molecule is [O]C(=O)OC1(c2ccccc2)N=NN=N1. The van der Waals surface area contributed by atoms with E-state index in [1.165, 1.54) is 0 Å². The Bertz CT molecular complexity index is 417. The van der Waals surface area contributed by atoms with Crippen LogP contribution in [-0.2, 0) is 15.7 Å². The van der Waals surface area contributed by atoms with E-state index in [4.69, 9.17) is 0 Å². The number of nitrogens with zero attached hydrogens (tertiary/aromatic N) is 4. The van der Waals surface area contributed by atoms with E-state index in [9.17, 15) is 9.90 Å². The molecule has 0 spiro atoms. The predicted molar refractivity (Wildman–Crippen MR) is 45.0 cm³/mol. The van der Waals surface area contributed by atoms with Crippen LogP contribution in [0.4, 0.5) is 4.79 Å². The predicted octanol–water partition coefficient (Wildman–Crippen LogP) is 2.20. The highest BCUT2D eigenvalue weighted by atomic mass is 16.7. The van der Waals surface area contributed by atoms with Crippen molar-refractivity contribution in [2.75, 3.05) is 0 Å². The van der Waals surface area contributed by atoms with Gasteiger partial charge in [0.15, 0.2) is 0 Å². The zero-order chi connectivity index (χ0) is 10.7. The molecule has 1 aromatic rings. The van der Waals surface area contributed by atoms with Gasteiger partial charge in [0.25, 0.3) is 0 Å². The molecule has 1 aromatic carbocycles. The molecule has 0 N–H and O–H groups in total. The van der Waals surface area contributed by atoms with Gasteiger partial charge in [-0.1, -0.05) is 40.6 Å². The standard InChI is InChI=1S/C8H5N4O3/c13-7(14)15-8(9-11-12-10-8)6-4-2-1-3-5-6/h1-5H. The van der Waals surface area contributed by atoms with Crippen LogP contribution in [0.25, 0.3) is 0 Å². The summed E-state index contributed by atoms with van der Waals surface area (Å²) in [5.41, 5.74) is 0.416. The van der Waals surface area contributed by atoms with E-state index in [0.717, 1.165) is 0 Å². The third-order valence-corrected chi connectivity index (χ3v) is 1.78. The molecule has 2 rings (SSSR count). The van der Waals surface area contributed by atoms with Crippen molar-refractivity contribution in [3.63, 3.8) is 0 Å². The Kier molecular flexibility index (Phi) is 2.13. The van der Waals surface area contributed by atoms with E-state index in [1.54, 1.807) is 30.3 Å². The second-order valence-electron chi connectivity index (χ2n) is 2.71. The largest absolute Gasteiger partial charge is 0.554 e. The molecule has 1 aliphatic rings. The van der Waals surface area contributed by atoms with Crippen LogP contribution in [0.3, 0.4) is 0 Å². The molecule has 15 heavy (non-hydrogen) atoms. The van der Waals surface area contributed by atoms with Crippen molar-refractivity contribution in [1.29, 1.82) is 0 Å². The number of carbonyl (C=O) groups excluding carboxylic acids is 1. The molecular weight excluding hydrogens is 200 g/mol. The summed E-state index contributed by atoms with van der Waals surface area (Å²) in [6.45, 7) is 0. The fourth-order valence-corrected chi connectivity index (χ4v) is 1.17. The fraction of sp³-hybridized carbons (Fsp3) is 0.125. The number of hydrogen-bond donors (Lipinski definition) is 0. The van der Waals surface area contributed by atoms with Crippen molar-refractivity contribution < 1.29 is 14.6 Å². The summed E-state index contributed by atoms with van der Waals surface area (Å²) in [5, 5.41) is 23.9. The Labute approximate surface area is 84.1 Å². The Morgan fingerprint density at radius 3 is 2.27 bits per heavy atom. The maximum Gasteiger partial charge on any atom is 0.554 e. The van der Waals surface area contributed by atoms with Crippen molar-refractivity contribution in [2.24, 2.45) is 20.7 Å². The van der Waals surface area contributed by atoms with Crippen molar-refractivity contribution >= 4 is 6.16 Å². The van der Waals surface area contributed by atoms with Crippen LogP contribution in [0, 0.1) is 0 Å². The number of hydrogen-bond acceptors (Lipinski definition) is 6. The Hall–Kier alpha value is -2.31. The van der Waals surface area contributed by atoms with Crippen LogP contribution in [0.2, 0.25) is 0 Å². The quantitative estimate of drug-likeness (QED) is 0.691. The van der Waals surface area contributed by atoms with Crippen LogP contribution in [-0.4, -0.2) is 6.16 Å². The first-order chi connectivity index (χ1) is 7.23. The lowest BCUT2D eigenvalue weighted by Crippen LogP contribution is -2.25. The summed E-state index contributed by atoms with van der Waals surface area (Å²) in [6, 6.07) is 8.36. The van der Waals surface area contributed by atoms with Gasteiger partial charge in [0.1, 0.15) is 0 Å². The minimum atomic E-state index is -1.74. The summed E-state index contributed by atoms with van der Waals surface area (Å²) in [7, 11) is 0. The van der Waals surface area contributed by atoms with E-state index in [1.807, 2.05) is 0 Å². The minimum absolute atomic E-state index is 0.416. The van der Waals surface area contributed by atoms with Gasteiger partial charge in [-0.05, 0) is 10.4 Å². The van der Waals surface area contributed by atoms with Crippen LogP contribution >= 0.6 is 0 Å². The van der Waals surface area contributed by atoms with Gasteiger partial charge in [-0.2, -0.15) is 9.90 Å². The first kappa shape index (κ1) is 9.25. The zero-order valence-corrected chi connectivity index (χ0v) is 7.40. The van der Waals surface area contributed by atoms with Gasteiger partial charge < -0.3 is 4.74 Å². The van der Waals surface area contributed by atoms with Crippen LogP contribution in [0.1, 0.15) is 5.56 Å². The molecule has 1 heterocycles. The van der Waals surface area contributed by atoms with E-state index in [0.29, 0.717) is 5.56 Å². The van der Waals surface area contributed by atoms with E-state index >= 15 is 0 Å². The lowest BCUT2D eigenvalue weighted by molar-refractivity contribution is -0.0272. The first-order valence-corrected chi connectivity index (χ1v) is 4.02. The summed E-state index contributed by atoms with van der Waals surface area (Å²) >= 11 is 0. The average molecular weight is 205 g/mol. The zero-order valence-electron chi connectivity index (χ0n) is 7.40. The van der Waals surface area contributed by atoms with Gasteiger partial charge in [0.2, 0.25) is 0 Å². The summed E-state index contributed by atoms with van der Waals surface area (Å²) in [4.78, 5) is 10.4. The van der Waals surface area contributed by atoms with Gasteiger partial charge in [-0.25, -0.2) is 0 Å². The number of rotatable bonds is 2. The van der Waals surface area contributed by atoms with Gasteiger partial charge in [0, 0.05) is 5.56 Å². The normalized spacial score (nSPS) is 16.5. The summed E-state index contributed by atoms with van der Waals surface area (Å²) in [5.74, 6) is -1.74. The maximum atomic E-state index is 10.4. The fourth-order valence-electron chi connectivity index (χ4n) is 1.17. The van der Waals surface area contributed by atoms with Crippen molar-refractivity contribution in [1.82, 2.24) is 0 Å². The number of carbonyl (C=O) groups is 1. The third-order valence-electron chi connectivity index (χ3n) is 1.78. The number of benzene rings is 1. The molecular formula is C8H5N4O3. The minimum Gasteiger partial charge on any atom is -0.374 e. The Morgan fingerprint density at radius 2 is 1.73 bits per heavy atom. The average Bonchev–Trinajstić information content (AvgIpc) is 2.68. The molecule has 0 saturated carbocycles. The molecule has 0 fully saturated rings. The van der Waals surface area contributed by atoms with Crippen LogP contribution < -0.4 is 0 Å². The smallest absolute Gasteiger partial charge is 0.374 e. The molecule has 1 aliphatic heterocycles. The second kappa shape index (κ2) is 3.45. The van der Waals surface area contributed by atoms with Crippen molar-refractivity contribution in [3.8, 4) is 0 Å². The van der Waals surface area contributed by atoms with Gasteiger partial charge in [-0.3, -0.25) is 0 Å². The lowest BCUT2D eigenvalue weighted by Gasteiger charge is -2.16. The first-order valence-electron chi connectivity index (χ1n) is 4.02. The van der Waals surface area contributed by atoms with E-state index in [-0.39, 0.29) is 0 Å². The molecule has 0 saturated heterocycles. The molecule has 0 amide bonds. The van der Waals surface area contributed by atoms with Crippen LogP contribution in [0.15, 0.2) is 51.0 Å². The maximum absolute atomic E-state index is 10.4. The van der Waals surface area contributed by atoms with Crippen molar-refractivity contribution in [2.45, 2.75) is 5.85 Å². The highest BCUT2D eigenvalue weighted by molar-refractivity contribution is 5.57. The topological polar surface area (TPSA) is 95.6 Å². The summed E-state index contributed by atoms with van der Waals surface area (Å²) in [6.07, 6.45) is -1.74. The molecule has 7 heteroatoms. The number of ether oxygens (including phenoxy) is 1. The molecule has 0 aliphatic carbocycles. The molecule has 75 valence electrons. The van der Waals surface area contributed by atoms with Crippen molar-refractivity contribution in [3.05, 3.63) is 35.9 Å². The lowest BCUT2D eigenvalue weighted by atomic mass is 10.1. The highest BCUT2D eigenvalue weighted by Crippen LogP contribution is 2.33. The molecule has 0 atom stereocenters. The Balaban J connectivity index is 2.40. The monoisotopic (exact) mass is 205 g/mol. The molecule has 0 aromatic heterocycles. The van der Waals surface area contributed by atoms with E-state index < -0.39 is 12.0 Å². The van der Waals surface area contributed by atoms with Gasteiger partial charge >= 0.3 is 12.0 Å².